The van der Waals surface area contributed by atoms with Crippen molar-refractivity contribution in [3.63, 3.8) is 0 Å². The van der Waals surface area contributed by atoms with Gasteiger partial charge in [-0.25, -0.2) is 0 Å². The Bertz CT molecular complexity index is 913. The van der Waals surface area contributed by atoms with Crippen LogP contribution in [0.5, 0.6) is 17.2 Å². The maximum Gasteiger partial charge on any atom is 0.176 e. The van der Waals surface area contributed by atoms with E-state index in [9.17, 15) is 4.79 Å². The minimum absolute atomic E-state index is 0.0111. The summed E-state index contributed by atoms with van der Waals surface area (Å²) in [6.07, 6.45) is 4.77. The van der Waals surface area contributed by atoms with Crippen molar-refractivity contribution >= 4 is 5.78 Å². The Kier molecular flexibility index (Phi) is 6.29. The second-order valence-electron chi connectivity index (χ2n) is 10.1. The van der Waals surface area contributed by atoms with E-state index in [0.29, 0.717) is 35.7 Å². The van der Waals surface area contributed by atoms with Crippen molar-refractivity contribution in [2.45, 2.75) is 77.3 Å². The Morgan fingerprint density at radius 1 is 1.22 bits per heavy atom. The zero-order valence-corrected chi connectivity index (χ0v) is 20.3. The highest BCUT2D eigenvalue weighted by molar-refractivity contribution is 6.04. The van der Waals surface area contributed by atoms with Crippen LogP contribution in [0.25, 0.3) is 0 Å². The highest BCUT2D eigenvalue weighted by Gasteiger charge is 2.56. The van der Waals surface area contributed by atoms with Crippen LogP contribution in [0.4, 0.5) is 0 Å². The quantitative estimate of drug-likeness (QED) is 0.610. The fourth-order valence-electron chi connectivity index (χ4n) is 5.64. The molecule has 3 aliphatic rings. The Morgan fingerprint density at radius 3 is 2.59 bits per heavy atom. The van der Waals surface area contributed by atoms with Crippen LogP contribution in [-0.2, 0) is 15.9 Å². The Balaban J connectivity index is 1.84. The predicted molar refractivity (Wildman–Crippen MR) is 122 cm³/mol. The molecule has 4 rings (SSSR count). The van der Waals surface area contributed by atoms with Crippen LogP contribution in [0.15, 0.2) is 17.7 Å². The molecule has 1 saturated carbocycles. The first-order valence-electron chi connectivity index (χ1n) is 11.5. The largest absolute Gasteiger partial charge is 0.493 e. The Morgan fingerprint density at radius 2 is 1.97 bits per heavy atom. The number of ketones is 1. The summed E-state index contributed by atoms with van der Waals surface area (Å²) in [5.74, 6) is 1.63. The van der Waals surface area contributed by atoms with Crippen LogP contribution >= 0.6 is 0 Å². The molecule has 6 heteroatoms. The second-order valence-corrected chi connectivity index (χ2v) is 10.1. The van der Waals surface area contributed by atoms with E-state index in [0.717, 1.165) is 18.4 Å². The van der Waals surface area contributed by atoms with Gasteiger partial charge in [0.2, 0.25) is 0 Å². The standard InChI is InChI=1S/C26H36O6/c1-14(2)8-9-16-21-18(13-20(29-6)24(16)30-7)31-19-12-17(28-5)15-10-11-26(3,4)32-25(15)22(19)23(21)27/h8,13,15,17,19,22,25H,9-12H2,1-7H3. The molecule has 0 bridgehead atoms. The molecule has 5 atom stereocenters. The lowest BCUT2D eigenvalue weighted by molar-refractivity contribution is -0.207. The molecule has 1 aliphatic carbocycles. The maximum atomic E-state index is 14.1. The average Bonchev–Trinajstić information content (AvgIpc) is 2.74. The number of Topliss-reactive ketones (excluding diaryl/α,β-unsaturated/α-hetero) is 1. The number of hydrogen-bond donors (Lipinski definition) is 0. The van der Waals surface area contributed by atoms with Gasteiger partial charge in [0.05, 0.1) is 43.5 Å². The third kappa shape index (κ3) is 3.92. The number of ether oxygens (including phenoxy) is 5. The van der Waals surface area contributed by atoms with E-state index in [1.165, 1.54) is 5.57 Å². The topological polar surface area (TPSA) is 63.2 Å². The number of fused-ring (bicyclic) bond motifs is 4. The normalized spacial score (nSPS) is 30.3. The molecule has 176 valence electrons. The molecule has 0 spiro atoms. The number of rotatable bonds is 5. The van der Waals surface area contributed by atoms with Crippen molar-refractivity contribution in [2.75, 3.05) is 21.3 Å². The van der Waals surface area contributed by atoms with Gasteiger partial charge in [-0.3, -0.25) is 4.79 Å². The molecule has 1 saturated heterocycles. The lowest BCUT2D eigenvalue weighted by Gasteiger charge is -2.52. The third-order valence-corrected chi connectivity index (χ3v) is 7.23. The molecule has 2 heterocycles. The van der Waals surface area contributed by atoms with Crippen LogP contribution in [0.2, 0.25) is 0 Å². The van der Waals surface area contributed by atoms with Gasteiger partial charge >= 0.3 is 0 Å². The molecule has 0 radical (unpaired) electrons. The van der Waals surface area contributed by atoms with Crippen LogP contribution in [-0.4, -0.2) is 51.0 Å². The van der Waals surface area contributed by atoms with E-state index in [1.807, 2.05) is 13.8 Å². The van der Waals surface area contributed by atoms with Gasteiger partial charge < -0.3 is 23.7 Å². The van der Waals surface area contributed by atoms with Gasteiger partial charge in [0.1, 0.15) is 11.9 Å². The second kappa shape index (κ2) is 8.71. The monoisotopic (exact) mass is 444 g/mol. The summed E-state index contributed by atoms with van der Waals surface area (Å²) in [4.78, 5) is 14.1. The molecule has 2 aliphatic heterocycles. The van der Waals surface area contributed by atoms with E-state index in [2.05, 4.69) is 19.9 Å². The van der Waals surface area contributed by atoms with Crippen LogP contribution < -0.4 is 14.2 Å². The molecular weight excluding hydrogens is 408 g/mol. The number of carbonyl (C=O) groups is 1. The lowest BCUT2D eigenvalue weighted by atomic mass is 9.66. The van der Waals surface area contributed by atoms with Crippen LogP contribution in [0.1, 0.15) is 62.9 Å². The molecule has 5 unspecified atom stereocenters. The molecule has 1 aromatic carbocycles. The third-order valence-electron chi connectivity index (χ3n) is 7.23. The van der Waals surface area contributed by atoms with Crippen molar-refractivity contribution in [3.05, 3.63) is 28.8 Å². The first-order valence-corrected chi connectivity index (χ1v) is 11.5. The van der Waals surface area contributed by atoms with Gasteiger partial charge in [0.25, 0.3) is 0 Å². The summed E-state index contributed by atoms with van der Waals surface area (Å²) in [5, 5.41) is 0. The number of carbonyl (C=O) groups excluding carboxylic acids is 1. The van der Waals surface area contributed by atoms with Crippen molar-refractivity contribution in [2.24, 2.45) is 11.8 Å². The fourth-order valence-corrected chi connectivity index (χ4v) is 5.64. The first kappa shape index (κ1) is 23.1. The van der Waals surface area contributed by atoms with E-state index in [4.69, 9.17) is 23.7 Å². The summed E-state index contributed by atoms with van der Waals surface area (Å²) in [5.41, 5.74) is 2.31. The molecule has 6 nitrogen and oxygen atoms in total. The molecule has 0 amide bonds. The first-order chi connectivity index (χ1) is 15.2. The summed E-state index contributed by atoms with van der Waals surface area (Å²) in [6.45, 7) is 8.29. The van der Waals surface area contributed by atoms with Gasteiger partial charge in [-0.15, -0.1) is 0 Å². The number of benzene rings is 1. The number of methoxy groups -OCH3 is 3. The minimum Gasteiger partial charge on any atom is -0.493 e. The summed E-state index contributed by atoms with van der Waals surface area (Å²) in [7, 11) is 4.96. The Labute approximate surface area is 191 Å². The highest BCUT2D eigenvalue weighted by atomic mass is 16.5. The molecule has 32 heavy (non-hydrogen) atoms. The lowest BCUT2D eigenvalue weighted by Crippen LogP contribution is -2.60. The van der Waals surface area contributed by atoms with Gasteiger partial charge in [-0.05, 0) is 47.0 Å². The zero-order valence-electron chi connectivity index (χ0n) is 20.3. The van der Waals surface area contributed by atoms with Gasteiger partial charge in [0, 0.05) is 31.1 Å². The highest BCUT2D eigenvalue weighted by Crippen LogP contribution is 2.51. The fraction of sp³-hybridized carbons (Fsp3) is 0.654. The van der Waals surface area contributed by atoms with Crippen LogP contribution in [0.3, 0.4) is 0 Å². The number of allylic oxidation sites excluding steroid dienone is 2. The van der Waals surface area contributed by atoms with E-state index in [1.54, 1.807) is 27.4 Å². The molecule has 2 fully saturated rings. The smallest absolute Gasteiger partial charge is 0.176 e. The minimum atomic E-state index is -0.359. The van der Waals surface area contributed by atoms with Crippen LogP contribution in [0, 0.1) is 11.8 Å². The van der Waals surface area contributed by atoms with Crippen molar-refractivity contribution in [3.8, 4) is 17.2 Å². The molecule has 0 aromatic heterocycles. The molecule has 0 N–H and O–H groups in total. The van der Waals surface area contributed by atoms with Crippen molar-refractivity contribution in [1.82, 2.24) is 0 Å². The van der Waals surface area contributed by atoms with Crippen molar-refractivity contribution in [1.29, 1.82) is 0 Å². The maximum absolute atomic E-state index is 14.1. The summed E-state index contributed by atoms with van der Waals surface area (Å²) in [6, 6.07) is 1.79. The summed E-state index contributed by atoms with van der Waals surface area (Å²) >= 11 is 0. The van der Waals surface area contributed by atoms with Gasteiger partial charge in [-0.1, -0.05) is 11.6 Å². The SMILES string of the molecule is COc1cc2c(c(CC=C(C)C)c1OC)C(=O)C1C(CC(OC)C3CCC(C)(C)OC31)O2. The van der Waals surface area contributed by atoms with E-state index in [-0.39, 0.29) is 41.5 Å². The average molecular weight is 445 g/mol. The van der Waals surface area contributed by atoms with E-state index >= 15 is 0 Å². The molecular formula is C26H36O6. The van der Waals surface area contributed by atoms with Crippen molar-refractivity contribution < 1.29 is 28.5 Å². The zero-order chi connectivity index (χ0) is 23.2. The van der Waals surface area contributed by atoms with E-state index < -0.39 is 0 Å². The Hall–Kier alpha value is -2.05. The summed E-state index contributed by atoms with van der Waals surface area (Å²) < 4.78 is 30.2. The van der Waals surface area contributed by atoms with Gasteiger partial charge in [-0.2, -0.15) is 0 Å². The molecule has 1 aromatic rings. The number of hydrogen-bond acceptors (Lipinski definition) is 6. The van der Waals surface area contributed by atoms with Gasteiger partial charge in [0.15, 0.2) is 17.3 Å². The predicted octanol–water partition coefficient (Wildman–Crippen LogP) is 4.76.